The van der Waals surface area contributed by atoms with Crippen molar-refractivity contribution in [2.75, 3.05) is 34.4 Å². The van der Waals surface area contributed by atoms with Gasteiger partial charge in [-0.05, 0) is 39.7 Å². The Morgan fingerprint density at radius 2 is 1.74 bits per heavy atom. The molecule has 12 heteroatoms. The highest BCUT2D eigenvalue weighted by Gasteiger charge is 2.42. The van der Waals surface area contributed by atoms with Crippen molar-refractivity contribution in [3.05, 3.63) is 18.0 Å². The van der Waals surface area contributed by atoms with Crippen molar-refractivity contribution in [1.29, 1.82) is 0 Å². The van der Waals surface area contributed by atoms with E-state index in [1.165, 1.54) is 19.1 Å². The van der Waals surface area contributed by atoms with Crippen LogP contribution in [-0.2, 0) is 19.1 Å². The lowest BCUT2D eigenvalue weighted by atomic mass is 10.2. The monoisotopic (exact) mass is 530 g/mol. The SMILES string of the molecule is COC(=O)C1C[C@@H](Oc2nc(C3CC3)nc3cc(OC)c(OC)cc23)CN1C(=O)CNC(=O)OC(C)(C)C. The van der Waals surface area contributed by atoms with Crippen LogP contribution >= 0.6 is 0 Å². The third kappa shape index (κ3) is 6.17. The van der Waals surface area contributed by atoms with Gasteiger partial charge in [-0.15, -0.1) is 0 Å². The minimum atomic E-state index is -0.872. The lowest BCUT2D eigenvalue weighted by Crippen LogP contribution is -2.46. The number of nitrogens with zero attached hydrogens (tertiary/aromatic N) is 3. The predicted molar refractivity (Wildman–Crippen MR) is 135 cm³/mol. The standard InChI is InChI=1S/C26H34N4O8/c1-26(2,3)38-25(33)27-12-21(31)30-13-15(9-18(30)24(32)36-6)37-23-16-10-19(34-4)20(35-5)11-17(16)28-22(29-23)14-7-8-14/h10-11,14-15,18H,7-9,12-13H2,1-6H3,(H,27,33)/t15-,18?/m1/s1. The molecule has 0 bridgehead atoms. The van der Waals surface area contributed by atoms with Gasteiger partial charge >= 0.3 is 12.1 Å². The molecular weight excluding hydrogens is 496 g/mol. The van der Waals surface area contributed by atoms with E-state index in [9.17, 15) is 14.4 Å². The van der Waals surface area contributed by atoms with Crippen LogP contribution in [0.1, 0.15) is 51.8 Å². The molecule has 4 rings (SSSR count). The van der Waals surface area contributed by atoms with Crippen LogP contribution in [0.2, 0.25) is 0 Å². The molecule has 12 nitrogen and oxygen atoms in total. The molecule has 2 fully saturated rings. The molecule has 2 atom stereocenters. The normalized spacial score (nSPS) is 19.2. The molecule has 1 aromatic heterocycles. The molecule has 1 aliphatic heterocycles. The van der Waals surface area contributed by atoms with E-state index in [0.717, 1.165) is 12.8 Å². The van der Waals surface area contributed by atoms with Crippen LogP contribution in [-0.4, -0.2) is 85.0 Å². The van der Waals surface area contributed by atoms with Gasteiger partial charge in [0.2, 0.25) is 11.8 Å². The summed E-state index contributed by atoms with van der Waals surface area (Å²) in [6.07, 6.45) is 0.917. The number of amides is 2. The molecule has 2 aromatic rings. The van der Waals surface area contributed by atoms with Crippen molar-refractivity contribution in [2.24, 2.45) is 0 Å². The molecule has 2 amide bonds. The molecule has 1 aromatic carbocycles. The van der Waals surface area contributed by atoms with Crippen LogP contribution in [0, 0.1) is 0 Å². The van der Waals surface area contributed by atoms with E-state index < -0.39 is 35.7 Å². The van der Waals surface area contributed by atoms with Crippen LogP contribution in [0.3, 0.4) is 0 Å². The summed E-state index contributed by atoms with van der Waals surface area (Å²) in [6, 6.07) is 2.66. The zero-order valence-electron chi connectivity index (χ0n) is 22.5. The Morgan fingerprint density at radius 1 is 1.05 bits per heavy atom. The highest BCUT2D eigenvalue weighted by Crippen LogP contribution is 2.42. The lowest BCUT2D eigenvalue weighted by molar-refractivity contribution is -0.150. The highest BCUT2D eigenvalue weighted by molar-refractivity contribution is 5.89. The number of hydrogen-bond donors (Lipinski definition) is 1. The van der Waals surface area contributed by atoms with Crippen LogP contribution in [0.15, 0.2) is 12.1 Å². The van der Waals surface area contributed by atoms with Gasteiger partial charge in [0, 0.05) is 18.4 Å². The fourth-order valence-corrected chi connectivity index (χ4v) is 4.30. The summed E-state index contributed by atoms with van der Waals surface area (Å²) in [5.41, 5.74) is -0.0628. The van der Waals surface area contributed by atoms with E-state index in [1.807, 2.05) is 0 Å². The second kappa shape index (κ2) is 10.9. The molecule has 1 saturated carbocycles. The molecule has 0 spiro atoms. The topological polar surface area (TPSA) is 138 Å². The number of carbonyl (C=O) groups excluding carboxylic acids is 3. The molecule has 38 heavy (non-hydrogen) atoms. The summed E-state index contributed by atoms with van der Waals surface area (Å²) >= 11 is 0. The van der Waals surface area contributed by atoms with Crippen LogP contribution in [0.5, 0.6) is 17.4 Å². The maximum Gasteiger partial charge on any atom is 0.408 e. The number of methoxy groups -OCH3 is 3. The second-order valence-corrected chi connectivity index (χ2v) is 10.3. The number of benzene rings is 1. The summed E-state index contributed by atoms with van der Waals surface area (Å²) in [7, 11) is 4.35. The van der Waals surface area contributed by atoms with Gasteiger partial charge in [0.15, 0.2) is 11.5 Å². The second-order valence-electron chi connectivity index (χ2n) is 10.3. The van der Waals surface area contributed by atoms with Gasteiger partial charge in [-0.25, -0.2) is 14.6 Å². The zero-order valence-corrected chi connectivity index (χ0v) is 22.5. The fraction of sp³-hybridized carbons (Fsp3) is 0.577. The van der Waals surface area contributed by atoms with Gasteiger partial charge in [0.25, 0.3) is 0 Å². The molecule has 206 valence electrons. The first-order valence-corrected chi connectivity index (χ1v) is 12.5. The Morgan fingerprint density at radius 3 is 2.34 bits per heavy atom. The Kier molecular flexibility index (Phi) is 7.79. The van der Waals surface area contributed by atoms with Gasteiger partial charge in [0.05, 0.1) is 38.8 Å². The van der Waals surface area contributed by atoms with Gasteiger partial charge in [-0.2, -0.15) is 4.98 Å². The van der Waals surface area contributed by atoms with Crippen molar-refractivity contribution in [3.8, 4) is 17.4 Å². The van der Waals surface area contributed by atoms with Gasteiger partial charge in [0.1, 0.15) is 30.1 Å². The molecule has 1 unspecified atom stereocenters. The number of rotatable bonds is 8. The van der Waals surface area contributed by atoms with Crippen molar-refractivity contribution >= 4 is 28.9 Å². The quantitative estimate of drug-likeness (QED) is 0.507. The minimum Gasteiger partial charge on any atom is -0.493 e. The number of esters is 1. The van der Waals surface area contributed by atoms with Crippen LogP contribution < -0.4 is 19.5 Å². The molecule has 1 N–H and O–H groups in total. The van der Waals surface area contributed by atoms with Crippen molar-refractivity contribution in [3.63, 3.8) is 0 Å². The van der Waals surface area contributed by atoms with Crippen LogP contribution in [0.25, 0.3) is 10.9 Å². The summed E-state index contributed by atoms with van der Waals surface area (Å²) in [4.78, 5) is 48.3. The number of aromatic nitrogens is 2. The maximum atomic E-state index is 13.0. The zero-order chi connectivity index (χ0) is 27.6. The van der Waals surface area contributed by atoms with Gasteiger partial charge < -0.3 is 33.9 Å². The highest BCUT2D eigenvalue weighted by atomic mass is 16.6. The Balaban J connectivity index is 1.56. The van der Waals surface area contributed by atoms with Gasteiger partial charge in [-0.1, -0.05) is 0 Å². The largest absolute Gasteiger partial charge is 0.493 e. The number of hydrogen-bond acceptors (Lipinski definition) is 10. The Hall–Kier alpha value is -3.83. The lowest BCUT2D eigenvalue weighted by Gasteiger charge is -2.23. The number of likely N-dealkylation sites (tertiary alicyclic amines) is 1. The van der Waals surface area contributed by atoms with E-state index in [-0.39, 0.29) is 25.4 Å². The first-order chi connectivity index (χ1) is 18.0. The summed E-state index contributed by atoms with van der Waals surface area (Å²) in [6.45, 7) is 4.93. The van der Waals surface area contributed by atoms with E-state index in [0.29, 0.717) is 34.1 Å². The van der Waals surface area contributed by atoms with Crippen molar-refractivity contribution in [1.82, 2.24) is 20.2 Å². The smallest absolute Gasteiger partial charge is 0.408 e. The predicted octanol–water partition coefficient (Wildman–Crippen LogP) is 2.57. The van der Waals surface area contributed by atoms with Gasteiger partial charge in [-0.3, -0.25) is 4.79 Å². The molecular formula is C26H34N4O8. The molecule has 2 aliphatic rings. The van der Waals surface area contributed by atoms with E-state index in [1.54, 1.807) is 40.0 Å². The Bertz CT molecular complexity index is 1220. The van der Waals surface area contributed by atoms with Crippen molar-refractivity contribution < 1.29 is 38.1 Å². The number of nitrogens with one attached hydrogen (secondary N) is 1. The fourth-order valence-electron chi connectivity index (χ4n) is 4.30. The van der Waals surface area contributed by atoms with Crippen molar-refractivity contribution in [2.45, 2.75) is 63.7 Å². The molecule has 0 radical (unpaired) electrons. The third-order valence-electron chi connectivity index (χ3n) is 6.24. The average Bonchev–Trinajstić information content (AvgIpc) is 3.64. The van der Waals surface area contributed by atoms with Crippen LogP contribution in [0.4, 0.5) is 4.79 Å². The number of fused-ring (bicyclic) bond motifs is 1. The molecule has 2 heterocycles. The van der Waals surface area contributed by atoms with E-state index in [2.05, 4.69) is 10.3 Å². The summed E-state index contributed by atoms with van der Waals surface area (Å²) in [5, 5.41) is 3.06. The first kappa shape index (κ1) is 27.2. The van der Waals surface area contributed by atoms with E-state index in [4.69, 9.17) is 28.7 Å². The molecule has 1 aliphatic carbocycles. The third-order valence-corrected chi connectivity index (χ3v) is 6.24. The summed E-state index contributed by atoms with van der Waals surface area (Å²) < 4.78 is 27.3. The molecule has 1 saturated heterocycles. The minimum absolute atomic E-state index is 0.103. The maximum absolute atomic E-state index is 13.0. The first-order valence-electron chi connectivity index (χ1n) is 12.5. The number of carbonyl (C=O) groups is 3. The average molecular weight is 531 g/mol. The van der Waals surface area contributed by atoms with E-state index >= 15 is 0 Å². The Labute approximate surface area is 220 Å². The summed E-state index contributed by atoms with van der Waals surface area (Å²) in [5.74, 6) is 1.28. The number of ether oxygens (including phenoxy) is 5. The number of alkyl carbamates (subject to hydrolysis) is 1.